The molecule has 278 valence electrons. The molecule has 0 unspecified atom stereocenters. The van der Waals surface area contributed by atoms with E-state index in [2.05, 4.69) is 213 Å². The fourth-order valence-corrected chi connectivity index (χ4v) is 12.5. The number of para-hydroxylation sites is 2. The van der Waals surface area contributed by atoms with Gasteiger partial charge in [0.15, 0.2) is 0 Å². The Morgan fingerprint density at radius 3 is 1.41 bits per heavy atom. The monoisotopic (exact) mass is 744 g/mol. The van der Waals surface area contributed by atoms with E-state index in [0.717, 1.165) is 17.1 Å². The zero-order valence-electron chi connectivity index (χ0n) is 33.3. The van der Waals surface area contributed by atoms with Crippen LogP contribution in [-0.4, -0.2) is 8.07 Å². The molecule has 2 aliphatic rings. The van der Waals surface area contributed by atoms with Crippen LogP contribution in [0.15, 0.2) is 176 Å². The second-order valence-electron chi connectivity index (χ2n) is 16.9. The van der Waals surface area contributed by atoms with Crippen molar-refractivity contribution in [2.45, 2.75) is 70.4 Å². The Morgan fingerprint density at radius 2 is 0.857 bits per heavy atom. The lowest BCUT2D eigenvalue weighted by atomic mass is 9.78. The van der Waals surface area contributed by atoms with Crippen LogP contribution in [-0.2, 0) is 5.41 Å². The van der Waals surface area contributed by atoms with E-state index in [0.29, 0.717) is 5.92 Å². The van der Waals surface area contributed by atoms with Crippen LogP contribution in [0.4, 0.5) is 34.1 Å². The highest BCUT2D eigenvalue weighted by atomic mass is 28.3. The van der Waals surface area contributed by atoms with E-state index in [-0.39, 0.29) is 5.41 Å². The van der Waals surface area contributed by atoms with Gasteiger partial charge in [-0.05, 0) is 130 Å². The van der Waals surface area contributed by atoms with Crippen molar-refractivity contribution in [1.29, 1.82) is 0 Å². The van der Waals surface area contributed by atoms with Gasteiger partial charge < -0.3 is 9.80 Å². The third kappa shape index (κ3) is 6.58. The van der Waals surface area contributed by atoms with Gasteiger partial charge in [0, 0.05) is 39.5 Å². The zero-order chi connectivity index (χ0) is 38.3. The van der Waals surface area contributed by atoms with Gasteiger partial charge in [-0.1, -0.05) is 149 Å². The van der Waals surface area contributed by atoms with Gasteiger partial charge in [-0.25, -0.2) is 0 Å². The first-order valence-corrected chi connectivity index (χ1v) is 23.5. The Labute approximate surface area is 335 Å². The Bertz CT molecular complexity index is 2430. The summed E-state index contributed by atoms with van der Waals surface area (Å²) in [5, 5.41) is 3.06. The molecule has 0 saturated heterocycles. The fourth-order valence-electron chi connectivity index (χ4n) is 9.45. The van der Waals surface area contributed by atoms with Crippen LogP contribution < -0.4 is 20.2 Å². The van der Waals surface area contributed by atoms with Crippen molar-refractivity contribution in [2.24, 2.45) is 0 Å². The Kier molecular flexibility index (Phi) is 9.51. The number of nitrogens with zero attached hydrogens (tertiary/aromatic N) is 2. The SMILES string of the molecule is CC(C)(c1ccc(N(c2ccccc2)c2ccc(C3CCCCC3)cc2)cc1)c1ccc(N(c2ccccc2)c2ccc3c(c2)-c2ccccc2[Si]3(C)C)cc1. The lowest BCUT2D eigenvalue weighted by Crippen LogP contribution is -2.49. The molecule has 0 N–H and O–H groups in total. The van der Waals surface area contributed by atoms with E-state index >= 15 is 0 Å². The summed E-state index contributed by atoms with van der Waals surface area (Å²) in [6, 6.07) is 65.6. The summed E-state index contributed by atoms with van der Waals surface area (Å²) in [6.07, 6.45) is 6.72. The molecule has 2 nitrogen and oxygen atoms in total. The van der Waals surface area contributed by atoms with E-state index in [1.54, 1.807) is 0 Å². The van der Waals surface area contributed by atoms with Crippen LogP contribution in [0.25, 0.3) is 11.1 Å². The molecule has 1 saturated carbocycles. The van der Waals surface area contributed by atoms with Crippen LogP contribution in [0.2, 0.25) is 13.1 Å². The molecule has 56 heavy (non-hydrogen) atoms. The van der Waals surface area contributed by atoms with Crippen molar-refractivity contribution in [3.8, 4) is 11.1 Å². The average molecular weight is 745 g/mol. The molecule has 9 rings (SSSR count). The summed E-state index contributed by atoms with van der Waals surface area (Å²) in [5.74, 6) is 0.700. The second-order valence-corrected chi connectivity index (χ2v) is 21.2. The molecule has 0 aromatic heterocycles. The highest BCUT2D eigenvalue weighted by molar-refractivity contribution is 7.03. The lowest BCUT2D eigenvalue weighted by molar-refractivity contribution is 0.443. The quantitative estimate of drug-likeness (QED) is 0.136. The van der Waals surface area contributed by atoms with Gasteiger partial charge in [0.1, 0.15) is 8.07 Å². The largest absolute Gasteiger partial charge is 0.311 e. The third-order valence-electron chi connectivity index (χ3n) is 12.8. The molecule has 7 aromatic rings. The summed E-state index contributed by atoms with van der Waals surface area (Å²) in [6.45, 7) is 9.65. The van der Waals surface area contributed by atoms with Crippen LogP contribution in [0.1, 0.15) is 68.6 Å². The van der Waals surface area contributed by atoms with Crippen molar-refractivity contribution < 1.29 is 0 Å². The molecule has 0 bridgehead atoms. The first kappa shape index (κ1) is 36.0. The molecule has 1 fully saturated rings. The summed E-state index contributed by atoms with van der Waals surface area (Å²) >= 11 is 0. The predicted octanol–water partition coefficient (Wildman–Crippen LogP) is 13.8. The molecule has 0 atom stereocenters. The summed E-state index contributed by atoms with van der Waals surface area (Å²) in [4.78, 5) is 4.79. The van der Waals surface area contributed by atoms with Crippen LogP contribution in [0.5, 0.6) is 0 Å². The van der Waals surface area contributed by atoms with Crippen molar-refractivity contribution >= 4 is 52.6 Å². The third-order valence-corrected chi connectivity index (χ3v) is 16.3. The van der Waals surface area contributed by atoms with Gasteiger partial charge in [0.2, 0.25) is 0 Å². The van der Waals surface area contributed by atoms with E-state index in [4.69, 9.17) is 0 Å². The van der Waals surface area contributed by atoms with E-state index in [1.165, 1.54) is 87.4 Å². The molecule has 1 aliphatic heterocycles. The summed E-state index contributed by atoms with van der Waals surface area (Å²) in [7, 11) is -1.73. The van der Waals surface area contributed by atoms with E-state index < -0.39 is 8.07 Å². The lowest BCUT2D eigenvalue weighted by Gasteiger charge is -2.30. The first-order chi connectivity index (χ1) is 27.3. The van der Waals surface area contributed by atoms with Crippen molar-refractivity contribution in [3.05, 3.63) is 193 Å². The maximum absolute atomic E-state index is 2.48. The summed E-state index contributed by atoms with van der Waals surface area (Å²) < 4.78 is 0. The van der Waals surface area contributed by atoms with Crippen molar-refractivity contribution in [1.82, 2.24) is 0 Å². The molecule has 0 radical (unpaired) electrons. The molecule has 0 spiro atoms. The minimum absolute atomic E-state index is 0.193. The van der Waals surface area contributed by atoms with E-state index in [1.807, 2.05) is 0 Å². The van der Waals surface area contributed by atoms with Gasteiger partial charge in [-0.15, -0.1) is 0 Å². The normalized spacial score (nSPS) is 14.9. The van der Waals surface area contributed by atoms with Gasteiger partial charge >= 0.3 is 0 Å². The molecule has 0 amide bonds. The first-order valence-electron chi connectivity index (χ1n) is 20.5. The number of hydrogen-bond acceptors (Lipinski definition) is 2. The number of hydrogen-bond donors (Lipinski definition) is 0. The maximum atomic E-state index is 2.48. The van der Waals surface area contributed by atoms with Gasteiger partial charge in [-0.3, -0.25) is 0 Å². The van der Waals surface area contributed by atoms with Crippen molar-refractivity contribution in [2.75, 3.05) is 9.80 Å². The Hall–Kier alpha value is -5.64. The maximum Gasteiger partial charge on any atom is 0.113 e. The van der Waals surface area contributed by atoms with E-state index in [9.17, 15) is 0 Å². The highest BCUT2D eigenvalue weighted by Gasteiger charge is 2.37. The number of rotatable bonds is 9. The minimum atomic E-state index is -1.73. The number of anilines is 6. The van der Waals surface area contributed by atoms with Gasteiger partial charge in [-0.2, -0.15) is 0 Å². The number of benzene rings is 7. The summed E-state index contributed by atoms with van der Waals surface area (Å²) in [5.41, 5.74) is 13.7. The highest BCUT2D eigenvalue weighted by Crippen LogP contribution is 2.42. The topological polar surface area (TPSA) is 6.48 Å². The second kappa shape index (κ2) is 14.8. The average Bonchev–Trinajstić information content (AvgIpc) is 3.48. The Balaban J connectivity index is 1.01. The minimum Gasteiger partial charge on any atom is -0.311 e. The standard InChI is InChI=1S/C53H52N2Si/c1-53(2,41-26-32-46(33-27-41)54(43-18-10-6-11-19-43)45-30-24-40(25-31-45)39-16-8-5-9-17-39)42-28-34-47(35-29-42)55(44-20-12-7-13-21-44)48-36-37-52-50(38-48)49-22-14-15-23-51(49)56(52,3)4/h6-7,10-15,18-39H,5,8-9,16-17H2,1-4H3. The zero-order valence-corrected chi connectivity index (χ0v) is 34.3. The van der Waals surface area contributed by atoms with Crippen LogP contribution in [0.3, 0.4) is 0 Å². The van der Waals surface area contributed by atoms with Gasteiger partial charge in [0.05, 0.1) is 0 Å². The number of fused-ring (bicyclic) bond motifs is 3. The molecule has 1 heterocycles. The molecule has 7 aromatic carbocycles. The van der Waals surface area contributed by atoms with Crippen molar-refractivity contribution in [3.63, 3.8) is 0 Å². The van der Waals surface area contributed by atoms with Crippen LogP contribution in [0, 0.1) is 0 Å². The predicted molar refractivity (Wildman–Crippen MR) is 242 cm³/mol. The van der Waals surface area contributed by atoms with Gasteiger partial charge in [0.25, 0.3) is 0 Å². The molecule has 3 heteroatoms. The van der Waals surface area contributed by atoms with Crippen LogP contribution >= 0.6 is 0 Å². The molecular weight excluding hydrogens is 693 g/mol. The smallest absolute Gasteiger partial charge is 0.113 e. The Morgan fingerprint density at radius 1 is 0.429 bits per heavy atom. The fraction of sp³-hybridized carbons (Fsp3) is 0.208. The molecule has 1 aliphatic carbocycles. The molecular formula is C53H52N2Si.